The average Bonchev–Trinajstić information content (AvgIpc) is 2.25. The van der Waals surface area contributed by atoms with E-state index >= 15 is 0 Å². The lowest BCUT2D eigenvalue weighted by Crippen LogP contribution is -2.34. The van der Waals surface area contributed by atoms with Gasteiger partial charge in [-0.25, -0.2) is 9.97 Å². The third-order valence-corrected chi connectivity index (χ3v) is 2.88. The van der Waals surface area contributed by atoms with E-state index in [-0.39, 0.29) is 6.04 Å². The van der Waals surface area contributed by atoms with Gasteiger partial charge in [0.05, 0.1) is 0 Å². The molecule has 0 aliphatic carbocycles. The van der Waals surface area contributed by atoms with E-state index in [1.807, 2.05) is 12.3 Å². The van der Waals surface area contributed by atoms with Crippen LogP contribution < -0.4 is 11.1 Å². The predicted molar refractivity (Wildman–Crippen MR) is 65.1 cm³/mol. The molecule has 1 aromatic heterocycles. The molecule has 0 aromatic carbocycles. The van der Waals surface area contributed by atoms with E-state index in [4.69, 9.17) is 5.73 Å². The van der Waals surface area contributed by atoms with Gasteiger partial charge in [-0.1, -0.05) is 13.8 Å². The Balaban J connectivity index is 2.70. The SMILES string of the molecule is CSc1cc(NC(CN)C(C)C)ncn1. The molecular formula is C10H18N4S. The molecule has 5 heteroatoms. The maximum atomic E-state index is 5.68. The minimum atomic E-state index is 0.259. The third-order valence-electron chi connectivity index (χ3n) is 2.24. The summed E-state index contributed by atoms with van der Waals surface area (Å²) in [5, 5.41) is 4.28. The smallest absolute Gasteiger partial charge is 0.130 e. The quantitative estimate of drug-likeness (QED) is 0.589. The molecule has 0 radical (unpaired) electrons. The van der Waals surface area contributed by atoms with Crippen LogP contribution >= 0.6 is 11.8 Å². The number of anilines is 1. The molecule has 84 valence electrons. The number of rotatable bonds is 5. The van der Waals surface area contributed by atoms with Gasteiger partial charge in [-0.15, -0.1) is 11.8 Å². The van der Waals surface area contributed by atoms with Crippen LogP contribution in [0.15, 0.2) is 17.4 Å². The lowest BCUT2D eigenvalue weighted by atomic mass is 10.1. The van der Waals surface area contributed by atoms with E-state index in [2.05, 4.69) is 29.1 Å². The summed E-state index contributed by atoms with van der Waals surface area (Å²) in [5.74, 6) is 1.33. The second kappa shape index (κ2) is 5.92. The first kappa shape index (κ1) is 12.3. The van der Waals surface area contributed by atoms with E-state index in [9.17, 15) is 0 Å². The van der Waals surface area contributed by atoms with Crippen LogP contribution in [-0.4, -0.2) is 28.8 Å². The van der Waals surface area contributed by atoms with Crippen molar-refractivity contribution in [1.82, 2.24) is 9.97 Å². The molecule has 1 unspecified atom stereocenters. The third kappa shape index (κ3) is 3.68. The lowest BCUT2D eigenvalue weighted by molar-refractivity contribution is 0.529. The Morgan fingerprint density at radius 2 is 2.20 bits per heavy atom. The molecular weight excluding hydrogens is 208 g/mol. The summed E-state index contributed by atoms with van der Waals surface area (Å²) in [6.45, 7) is 4.89. The largest absolute Gasteiger partial charge is 0.366 e. The van der Waals surface area contributed by atoms with E-state index in [1.165, 1.54) is 0 Å². The number of nitrogens with two attached hydrogens (primary N) is 1. The molecule has 0 amide bonds. The highest BCUT2D eigenvalue weighted by molar-refractivity contribution is 7.98. The number of thioether (sulfide) groups is 1. The standard InChI is InChI=1S/C10H18N4S/c1-7(2)8(5-11)14-9-4-10(15-3)13-6-12-9/h4,6-8H,5,11H2,1-3H3,(H,12,13,14). The summed E-state index contributed by atoms with van der Waals surface area (Å²) in [6, 6.07) is 2.20. The van der Waals surface area contributed by atoms with Crippen molar-refractivity contribution in [3.05, 3.63) is 12.4 Å². The molecule has 1 aromatic rings. The summed E-state index contributed by atoms with van der Waals surface area (Å²) in [6.07, 6.45) is 3.57. The van der Waals surface area contributed by atoms with Gasteiger partial charge in [-0.2, -0.15) is 0 Å². The molecule has 1 atom stereocenters. The van der Waals surface area contributed by atoms with Gasteiger partial charge in [0.15, 0.2) is 0 Å². The first-order valence-corrected chi connectivity index (χ1v) is 6.22. The minimum Gasteiger partial charge on any atom is -0.366 e. The number of aromatic nitrogens is 2. The first-order chi connectivity index (χ1) is 7.17. The summed E-state index contributed by atoms with van der Waals surface area (Å²) in [4.78, 5) is 8.28. The molecule has 1 heterocycles. The van der Waals surface area contributed by atoms with Gasteiger partial charge in [0.25, 0.3) is 0 Å². The molecule has 0 spiro atoms. The highest BCUT2D eigenvalue weighted by Gasteiger charge is 2.11. The highest BCUT2D eigenvalue weighted by Crippen LogP contribution is 2.15. The van der Waals surface area contributed by atoms with Crippen molar-refractivity contribution in [1.29, 1.82) is 0 Å². The van der Waals surface area contributed by atoms with Crippen LogP contribution in [0.3, 0.4) is 0 Å². The van der Waals surface area contributed by atoms with Crippen LogP contribution in [0.2, 0.25) is 0 Å². The fraction of sp³-hybridized carbons (Fsp3) is 0.600. The second-order valence-electron chi connectivity index (χ2n) is 3.68. The first-order valence-electron chi connectivity index (χ1n) is 5.00. The van der Waals surface area contributed by atoms with Crippen molar-refractivity contribution in [2.75, 3.05) is 18.1 Å². The van der Waals surface area contributed by atoms with E-state index in [0.29, 0.717) is 12.5 Å². The summed E-state index contributed by atoms with van der Waals surface area (Å²) in [5.41, 5.74) is 5.68. The highest BCUT2D eigenvalue weighted by atomic mass is 32.2. The molecule has 0 saturated carbocycles. The summed E-state index contributed by atoms with van der Waals surface area (Å²) >= 11 is 1.60. The van der Waals surface area contributed by atoms with Crippen LogP contribution in [-0.2, 0) is 0 Å². The monoisotopic (exact) mass is 226 g/mol. The number of hydrogen-bond acceptors (Lipinski definition) is 5. The van der Waals surface area contributed by atoms with E-state index in [0.717, 1.165) is 10.8 Å². The summed E-state index contributed by atoms with van der Waals surface area (Å²) < 4.78 is 0. The molecule has 0 aliphatic heterocycles. The van der Waals surface area contributed by atoms with Gasteiger partial charge in [0.2, 0.25) is 0 Å². The van der Waals surface area contributed by atoms with Gasteiger partial charge >= 0.3 is 0 Å². The Morgan fingerprint density at radius 1 is 1.47 bits per heavy atom. The van der Waals surface area contributed by atoms with Gasteiger partial charge in [0.1, 0.15) is 17.2 Å². The Bertz CT molecular complexity index is 303. The van der Waals surface area contributed by atoms with Crippen LogP contribution in [0.4, 0.5) is 5.82 Å². The molecule has 4 nitrogen and oxygen atoms in total. The second-order valence-corrected chi connectivity index (χ2v) is 4.50. The maximum absolute atomic E-state index is 5.68. The van der Waals surface area contributed by atoms with Crippen molar-refractivity contribution in [3.63, 3.8) is 0 Å². The lowest BCUT2D eigenvalue weighted by Gasteiger charge is -2.20. The average molecular weight is 226 g/mol. The van der Waals surface area contributed by atoms with Crippen molar-refractivity contribution < 1.29 is 0 Å². The van der Waals surface area contributed by atoms with Crippen molar-refractivity contribution in [3.8, 4) is 0 Å². The van der Waals surface area contributed by atoms with E-state index in [1.54, 1.807) is 18.1 Å². The normalized spacial score (nSPS) is 12.9. The molecule has 0 bridgehead atoms. The van der Waals surface area contributed by atoms with Gasteiger partial charge in [-0.05, 0) is 12.2 Å². The zero-order valence-electron chi connectivity index (χ0n) is 9.40. The van der Waals surface area contributed by atoms with Crippen LogP contribution in [0, 0.1) is 5.92 Å². The Morgan fingerprint density at radius 3 is 2.73 bits per heavy atom. The zero-order valence-corrected chi connectivity index (χ0v) is 10.2. The fourth-order valence-electron chi connectivity index (χ4n) is 1.22. The molecule has 3 N–H and O–H groups in total. The Labute approximate surface area is 95.1 Å². The summed E-state index contributed by atoms with van der Waals surface area (Å²) in [7, 11) is 0. The zero-order chi connectivity index (χ0) is 11.3. The Kier molecular flexibility index (Phi) is 4.84. The fourth-order valence-corrected chi connectivity index (χ4v) is 1.60. The molecule has 0 fully saturated rings. The molecule has 1 rings (SSSR count). The maximum Gasteiger partial charge on any atom is 0.130 e. The van der Waals surface area contributed by atoms with Crippen molar-refractivity contribution >= 4 is 17.6 Å². The molecule has 0 aliphatic rings. The number of nitrogens with one attached hydrogen (secondary N) is 1. The molecule has 15 heavy (non-hydrogen) atoms. The number of nitrogens with zero attached hydrogens (tertiary/aromatic N) is 2. The van der Waals surface area contributed by atoms with Gasteiger partial charge < -0.3 is 11.1 Å². The number of hydrogen-bond donors (Lipinski definition) is 2. The van der Waals surface area contributed by atoms with Crippen LogP contribution in [0.1, 0.15) is 13.8 Å². The van der Waals surface area contributed by atoms with E-state index < -0.39 is 0 Å². The van der Waals surface area contributed by atoms with Crippen molar-refractivity contribution in [2.24, 2.45) is 11.7 Å². The van der Waals surface area contributed by atoms with Crippen LogP contribution in [0.5, 0.6) is 0 Å². The predicted octanol–water partition coefficient (Wildman–Crippen LogP) is 1.59. The van der Waals surface area contributed by atoms with Crippen LogP contribution in [0.25, 0.3) is 0 Å². The topological polar surface area (TPSA) is 63.8 Å². The van der Waals surface area contributed by atoms with Gasteiger partial charge in [-0.3, -0.25) is 0 Å². The van der Waals surface area contributed by atoms with Crippen molar-refractivity contribution in [2.45, 2.75) is 24.9 Å². The minimum absolute atomic E-state index is 0.259. The van der Waals surface area contributed by atoms with Gasteiger partial charge in [0, 0.05) is 18.7 Å². The Hall–Kier alpha value is -0.810. The molecule has 0 saturated heterocycles.